The Morgan fingerprint density at radius 1 is 0.274 bits per heavy atom. The number of hydrogen-bond acceptors (Lipinski definition) is 35. The Kier molecular flexibility index (Phi) is 40.2. The zero-order chi connectivity index (χ0) is 105. The number of allylic oxidation sites excluding steroid dienone is 5. The number of ketones is 5. The number of aromatic nitrogens is 15. The molecule has 146 heavy (non-hydrogen) atoms. The number of methoxy groups -OCH3 is 5. The van der Waals surface area contributed by atoms with E-state index >= 15 is 0 Å². The second kappa shape index (κ2) is 53.9. The van der Waals surface area contributed by atoms with Gasteiger partial charge in [0.25, 0.3) is 0 Å². The highest BCUT2D eigenvalue weighted by molar-refractivity contribution is 6.34. The van der Waals surface area contributed by atoms with Crippen molar-refractivity contribution in [3.8, 4) is 29.4 Å². The van der Waals surface area contributed by atoms with Crippen LogP contribution in [0.5, 0.6) is 29.4 Å². The van der Waals surface area contributed by atoms with Crippen LogP contribution in [0.25, 0.3) is 0 Å². The van der Waals surface area contributed by atoms with Crippen LogP contribution in [-0.4, -0.2) is 139 Å². The van der Waals surface area contributed by atoms with Crippen LogP contribution in [0.4, 0.5) is 116 Å². The molecular weight excluding hydrogens is 1940 g/mol. The van der Waals surface area contributed by atoms with Crippen LogP contribution in [0.1, 0.15) is 66.8 Å². The number of rotatable bonds is 40. The molecule has 0 atom stereocenters. The smallest absolute Gasteiger partial charge is 0.229 e. The van der Waals surface area contributed by atoms with Crippen molar-refractivity contribution in [1.29, 1.82) is 0 Å². The number of halogens is 4. The van der Waals surface area contributed by atoms with E-state index in [1.807, 2.05) is 152 Å². The summed E-state index contributed by atoms with van der Waals surface area (Å²) in [6.45, 7) is 31.4. The zero-order valence-corrected chi connectivity index (χ0v) is 84.9. The first-order valence-electron chi connectivity index (χ1n) is 44.7. The Morgan fingerprint density at radius 2 is 0.575 bits per heavy atom. The highest BCUT2D eigenvalue weighted by Crippen LogP contribution is 2.36. The summed E-state index contributed by atoms with van der Waals surface area (Å²) in [5.41, 5.74) is 18.6. The molecule has 0 aliphatic rings. The van der Waals surface area contributed by atoms with E-state index in [0.29, 0.717) is 126 Å². The number of nitrogens with one attached hydrogen (secondary N) is 10. The van der Waals surface area contributed by atoms with Gasteiger partial charge in [-0.15, -0.1) is 0 Å². The van der Waals surface area contributed by atoms with Crippen molar-refractivity contribution in [1.82, 2.24) is 74.8 Å². The van der Waals surface area contributed by atoms with Crippen LogP contribution in [0.3, 0.4) is 0 Å². The topological polar surface area (TPSA) is 445 Å². The van der Waals surface area contributed by atoms with Gasteiger partial charge in [-0.25, -0.2) is 34.9 Å². The summed E-state index contributed by atoms with van der Waals surface area (Å²) in [4.78, 5) is 123. The summed E-state index contributed by atoms with van der Waals surface area (Å²) in [5, 5.41) is 33.2. The zero-order valence-electron chi connectivity index (χ0n) is 81.9. The predicted octanol–water partition coefficient (Wildman–Crippen LogP) is 23.1. The molecule has 39 heteroatoms. The van der Waals surface area contributed by atoms with Gasteiger partial charge >= 0.3 is 0 Å². The van der Waals surface area contributed by atoms with Gasteiger partial charge in [0.05, 0.1) is 65.5 Å². The molecule has 0 aliphatic heterocycles. The van der Waals surface area contributed by atoms with E-state index in [1.165, 1.54) is 77.4 Å². The number of anilines is 20. The molecule has 15 rings (SSSR count). The van der Waals surface area contributed by atoms with Crippen LogP contribution < -0.4 is 76.9 Å². The Hall–Kier alpha value is -17.5. The second-order valence-corrected chi connectivity index (χ2v) is 33.5. The minimum absolute atomic E-state index is 0.0454. The van der Waals surface area contributed by atoms with Crippen molar-refractivity contribution in [2.75, 3.05) is 88.7 Å². The lowest BCUT2D eigenvalue weighted by Gasteiger charge is -2.15. The second-order valence-electron chi connectivity index (χ2n) is 31.9. The maximum Gasteiger partial charge on any atom is 0.229 e. The standard InChI is InChI=1S/C23H25N5O3.C22H23N5O3.C21H20ClN5O2.C21H20ClN5O.C20H17Cl2N5O/c1-6-18(29)10-16-9-14(2)7-8-19(16)26-22-15(3)13-24-23(28-22)25-17-11-20(30-4)27-21(12-17)31-5;1-5-17(28)10-15-8-6-7-9-18(15)25-21-14(2)13-23-22(27-21)24-16-11-19(29-3)26-20(12-16)30-4;1-4-16(28)10-14-9-13(2)5-6-18(14)26-20-17(22)12-24-21(27-20)25-15-7-8-23-19(11-15)29-3;1-4-16(28)10-15-9-13(2)5-6-19(15)25-20-17(22)12-24-21(27-20)26-18-7-8-23-11-14(18)3;1-3-15(28)9-13-8-12(2)4-5-17(13)26-19-16(21)11-24-20(27-19)25-14-6-7-23-18(22)10-14/h6-9,11-13H,1,10H2,2-5H3,(H2,24,25,26,27,28);5-9,11-13H,1,10H2,2-4H3,(H2,23,24,25,26,27);4-9,11-12H,1,10H2,2-3H3,(H2,23,24,25,26,27);4-9,11-12H,1,10H2,2-3H3,(H2,23,24,25,26,27);3-8,10-11H,1,9H2,2H3,(H2,23,24,25,26,27). The minimum Gasteiger partial charge on any atom is -0.481 e. The summed E-state index contributed by atoms with van der Waals surface area (Å²) in [7, 11) is 7.68. The number of aryl methyl sites for hydroxylation is 7. The highest BCUT2D eigenvalue weighted by Gasteiger charge is 2.21. The molecule has 0 aliphatic carbocycles. The molecule has 0 spiro atoms. The summed E-state index contributed by atoms with van der Waals surface area (Å²) in [5.74, 6) is 6.19. The number of ether oxygens (including phenoxy) is 5. The van der Waals surface area contributed by atoms with Crippen LogP contribution in [-0.2, 0) is 56.1 Å². The molecule has 746 valence electrons. The van der Waals surface area contributed by atoms with Crippen molar-refractivity contribution in [3.05, 3.63) is 358 Å². The number of carbonyl (C=O) groups is 5. The van der Waals surface area contributed by atoms with Gasteiger partial charge in [0.1, 0.15) is 31.9 Å². The summed E-state index contributed by atoms with van der Waals surface area (Å²) in [6, 6.07) is 46.5. The number of nitrogens with zero attached hydrogens (tertiary/aromatic N) is 15. The molecule has 0 amide bonds. The fourth-order valence-electron chi connectivity index (χ4n) is 13.4. The van der Waals surface area contributed by atoms with E-state index in [-0.39, 0.29) is 61.0 Å². The van der Waals surface area contributed by atoms with Crippen molar-refractivity contribution in [3.63, 3.8) is 0 Å². The fourth-order valence-corrected chi connectivity index (χ4v) is 13.9. The lowest BCUT2D eigenvalue weighted by molar-refractivity contribution is -0.114. The largest absolute Gasteiger partial charge is 0.481 e. The van der Waals surface area contributed by atoms with Crippen molar-refractivity contribution >= 4 is 191 Å². The molecule has 10 N–H and O–H groups in total. The average molecular weight is 2040 g/mol. The lowest BCUT2D eigenvalue weighted by Crippen LogP contribution is -2.06. The minimum atomic E-state index is -0.0700. The molecule has 35 nitrogen and oxygen atoms in total. The number of benzene rings is 5. The Labute approximate surface area is 864 Å². The SMILES string of the molecule is C=CC(=O)Cc1cc(C)ccc1Nc1nc(Nc2cc(OC)nc(OC)c2)ncc1C.C=CC(=O)Cc1cc(C)ccc1Nc1nc(Nc2ccnc(Cl)c2)ncc1Cl.C=CC(=O)Cc1cc(C)ccc1Nc1nc(Nc2ccnc(OC)c2)ncc1Cl.C=CC(=O)Cc1cc(C)ccc1Nc1nc(Nc2ccncc2C)ncc1Cl.C=CC(=O)Cc1ccccc1Nc1nc(Nc2cc(OC)nc(OC)c2)ncc1C. The van der Waals surface area contributed by atoms with E-state index in [2.05, 4.69) is 161 Å². The normalized spacial score (nSPS) is 10.3. The predicted molar refractivity (Wildman–Crippen MR) is 577 cm³/mol. The molecule has 10 heterocycles. The maximum absolute atomic E-state index is 11.9. The highest BCUT2D eigenvalue weighted by atomic mass is 35.5. The summed E-state index contributed by atoms with van der Waals surface area (Å²) >= 11 is 24.7. The first-order valence-corrected chi connectivity index (χ1v) is 46.2. The lowest BCUT2D eigenvalue weighted by atomic mass is 10.0. The van der Waals surface area contributed by atoms with Crippen LogP contribution >= 0.6 is 46.4 Å². The summed E-state index contributed by atoms with van der Waals surface area (Å²) < 4.78 is 25.9. The Bertz CT molecular complexity index is 7240. The average Bonchev–Trinajstić information content (AvgIpc) is 0.830. The van der Waals surface area contributed by atoms with Crippen molar-refractivity contribution in [2.45, 2.75) is 80.6 Å². The van der Waals surface area contributed by atoms with Crippen molar-refractivity contribution in [2.24, 2.45) is 0 Å². The molecule has 0 fully saturated rings. The van der Waals surface area contributed by atoms with E-state index < -0.39 is 0 Å². The van der Waals surface area contributed by atoms with Gasteiger partial charge in [-0.1, -0.05) is 168 Å². The van der Waals surface area contributed by atoms with E-state index in [0.717, 1.165) is 107 Å². The Balaban J connectivity index is 0.000000174. The van der Waals surface area contributed by atoms with Gasteiger partial charge in [-0.2, -0.15) is 34.9 Å². The van der Waals surface area contributed by atoms with Crippen molar-refractivity contribution < 1.29 is 47.7 Å². The molecule has 0 saturated heterocycles. The van der Waals surface area contributed by atoms with Gasteiger partial charge in [-0.05, 0) is 167 Å². The molecule has 0 radical (unpaired) electrons. The van der Waals surface area contributed by atoms with E-state index in [4.69, 9.17) is 70.1 Å². The maximum atomic E-state index is 11.9. The number of para-hydroxylation sites is 1. The van der Waals surface area contributed by atoms with Gasteiger partial charge < -0.3 is 76.9 Å². The fraction of sp³-hybridized carbons (Fsp3) is 0.159. The molecule has 0 unspecified atom stereocenters. The molecule has 5 aromatic carbocycles. The monoisotopic (exact) mass is 2040 g/mol. The van der Waals surface area contributed by atoms with Gasteiger partial charge in [0, 0.05) is 156 Å². The van der Waals surface area contributed by atoms with E-state index in [1.54, 1.807) is 92.8 Å². The third kappa shape index (κ3) is 33.0. The Morgan fingerprint density at radius 3 is 0.925 bits per heavy atom. The third-order valence-corrected chi connectivity index (χ3v) is 21.9. The van der Waals surface area contributed by atoms with Gasteiger partial charge in [-0.3, -0.25) is 29.0 Å². The number of hydrogen-bond donors (Lipinski definition) is 10. The van der Waals surface area contributed by atoms with E-state index in [9.17, 15) is 24.0 Å². The van der Waals surface area contributed by atoms with Crippen LogP contribution in [0.15, 0.2) is 271 Å². The molecule has 15 aromatic rings. The molecule has 0 bridgehead atoms. The van der Waals surface area contributed by atoms with Crippen LogP contribution in [0, 0.1) is 48.5 Å². The first kappa shape index (κ1) is 109. The third-order valence-electron chi connectivity index (χ3n) is 20.8. The molecule has 0 saturated carbocycles. The van der Waals surface area contributed by atoms with Gasteiger partial charge in [0.2, 0.25) is 59.1 Å². The molecular formula is C107H105Cl4N25O10. The van der Waals surface area contributed by atoms with Crippen LogP contribution in [0.2, 0.25) is 20.2 Å². The molecule has 10 aromatic heterocycles. The summed E-state index contributed by atoms with van der Waals surface area (Å²) in [6.07, 6.45) is 22.4. The first-order chi connectivity index (χ1) is 70.3. The quantitative estimate of drug-likeness (QED) is 0.0126. The number of carbonyl (C=O) groups excluding carboxylic acids is 5. The van der Waals surface area contributed by atoms with Gasteiger partial charge in [0.15, 0.2) is 46.4 Å². The number of pyridine rings is 5.